The first kappa shape index (κ1) is 52.8. The summed E-state index contributed by atoms with van der Waals surface area (Å²) < 4.78 is 70.3. The molecule has 392 valence electrons. The van der Waals surface area contributed by atoms with Crippen LogP contribution >= 0.6 is 0 Å². The Bertz CT molecular complexity index is 2420. The zero-order valence-electron chi connectivity index (χ0n) is 45.5. The molecule has 6 bridgehead atoms. The van der Waals surface area contributed by atoms with E-state index in [2.05, 4.69) is 68.4 Å². The second kappa shape index (κ2) is 16.4. The fraction of sp³-hybridized carbons (Fsp3) is 0.897. The summed E-state index contributed by atoms with van der Waals surface area (Å²) in [5.74, 6) is -0.402. The average Bonchev–Trinajstić information content (AvgIpc) is 3.85. The number of hydrogen-bond acceptors (Lipinski definition) is 11. The van der Waals surface area contributed by atoms with Gasteiger partial charge in [0.05, 0.1) is 42.7 Å². The van der Waals surface area contributed by atoms with E-state index in [0.717, 1.165) is 70.6 Å². The molecule has 11 nitrogen and oxygen atoms in total. The van der Waals surface area contributed by atoms with Crippen LogP contribution in [0.3, 0.4) is 0 Å². The smallest absolute Gasteiger partial charge is 0.726 e. The predicted molar refractivity (Wildman–Crippen MR) is 263 cm³/mol. The standard InChI is InChI=1S/C58H88O11S.Na/c1-32(37-14-16-39-35-13-18-45-49(3,4)57(60)25-24-55(45,30-65-57)41(35)20-22-52(37,39)9)12-19-47-54(11)28-34(51(7,8)69-54)26-43(67-47)33(2)38-15-17-40-36-27-44(68-70(62,63)64)48-50(5,6)58(61)46(59)29-56(48,31-66-58)42(36)21-23-53(38,40)10;/h18,32-34,37-40,43-44,46-48,59-61H,12-17,19-31H2,1-11H3,(H,62,63,64);/q;+1/p-1/t32-,33+,34-,37-,38-,39+,40+,43-,44+,46+,47+,48?,52-,53-,54-,55+,56+,57-,58-;/m1./s1. The molecule has 0 aromatic heterocycles. The number of aliphatic hydroxyl groups is 3. The largest absolute Gasteiger partial charge is 1.00 e. The van der Waals surface area contributed by atoms with E-state index in [1.807, 2.05) is 13.8 Å². The van der Waals surface area contributed by atoms with E-state index < -0.39 is 50.9 Å². The van der Waals surface area contributed by atoms with Gasteiger partial charge in [-0.25, -0.2) is 8.42 Å². The second-order valence-electron chi connectivity index (χ2n) is 28.6. The molecule has 4 saturated carbocycles. The third-order valence-corrected chi connectivity index (χ3v) is 25.4. The van der Waals surface area contributed by atoms with E-state index in [9.17, 15) is 28.3 Å². The summed E-state index contributed by atoms with van der Waals surface area (Å²) in [4.78, 5) is 0. The first-order valence-corrected chi connectivity index (χ1v) is 29.4. The van der Waals surface area contributed by atoms with E-state index in [0.29, 0.717) is 49.0 Å². The SMILES string of the molecule is C[C@@H]([C@H]1CC[C@H]2C3=C(CC[C@]12C)[C@@]12CO[C@](O)([C@@H](O)C1)C(C)(C)C2[C@@H](OS(=O)(=O)[O-])C3)[C@H]1C[C@@H]2C[C@@](C)(OC2(C)C)[C@H](CC[C@@H](C)[C@H]2CC[C@H]3C4=C(CC[C@]23C)[C@]23CC[C@@](O)(OC2)C(C)(C)C3=CC4)O1.[Na+]. The molecule has 6 saturated heterocycles. The zero-order chi connectivity index (χ0) is 50.0. The van der Waals surface area contributed by atoms with E-state index in [4.69, 9.17) is 23.1 Å². The summed E-state index contributed by atoms with van der Waals surface area (Å²) in [6, 6.07) is 0. The Morgan fingerprint density at radius 3 is 2.15 bits per heavy atom. The molecule has 10 fully saturated rings. The minimum absolute atomic E-state index is 0. The first-order valence-electron chi connectivity index (χ1n) is 28.1. The van der Waals surface area contributed by atoms with Crippen molar-refractivity contribution in [2.24, 2.45) is 79.8 Å². The topological polar surface area (TPSA) is 164 Å². The van der Waals surface area contributed by atoms with Crippen molar-refractivity contribution in [1.82, 2.24) is 0 Å². The predicted octanol–water partition coefficient (Wildman–Crippen LogP) is 7.24. The number of fused-ring (bicyclic) bond motifs is 10. The number of ether oxygens (including phenoxy) is 4. The van der Waals surface area contributed by atoms with E-state index in [1.165, 1.54) is 36.0 Å². The summed E-state index contributed by atoms with van der Waals surface area (Å²) in [5, 5.41) is 34.8. The minimum Gasteiger partial charge on any atom is -0.726 e. The number of hydrogen-bond donors (Lipinski definition) is 3. The molecule has 1 unspecified atom stereocenters. The van der Waals surface area contributed by atoms with Crippen molar-refractivity contribution in [3.63, 3.8) is 0 Å². The van der Waals surface area contributed by atoms with Crippen molar-refractivity contribution in [3.05, 3.63) is 33.9 Å². The van der Waals surface area contributed by atoms with Crippen LogP contribution < -0.4 is 29.6 Å². The summed E-state index contributed by atoms with van der Waals surface area (Å²) >= 11 is 0. The van der Waals surface area contributed by atoms with Crippen LogP contribution in [0.25, 0.3) is 0 Å². The van der Waals surface area contributed by atoms with Crippen LogP contribution in [0.5, 0.6) is 0 Å². The van der Waals surface area contributed by atoms with Crippen LogP contribution in [0.2, 0.25) is 0 Å². The molecular weight excluding hydrogens is 928 g/mol. The van der Waals surface area contributed by atoms with Gasteiger partial charge in [0, 0.05) is 34.0 Å². The fourth-order valence-electron chi connectivity index (χ4n) is 21.4. The molecule has 13 heteroatoms. The Labute approximate surface area is 448 Å². The van der Waals surface area contributed by atoms with Crippen molar-refractivity contribution < 1.29 is 81.0 Å². The Hall–Kier alpha value is -0.190. The molecule has 2 spiro atoms. The maximum Gasteiger partial charge on any atom is 1.00 e. The maximum absolute atomic E-state index is 12.5. The van der Waals surface area contributed by atoms with Gasteiger partial charge in [0.1, 0.15) is 6.10 Å². The van der Waals surface area contributed by atoms with Gasteiger partial charge >= 0.3 is 29.6 Å². The normalized spacial score (nSPS) is 51.5. The summed E-state index contributed by atoms with van der Waals surface area (Å²) in [6.45, 7) is 25.9. The molecule has 71 heavy (non-hydrogen) atoms. The second-order valence-corrected chi connectivity index (χ2v) is 29.6. The molecule has 14 rings (SSSR count). The maximum atomic E-state index is 12.5. The molecule has 19 atom stereocenters. The molecule has 6 aliphatic heterocycles. The Morgan fingerprint density at radius 2 is 1.49 bits per heavy atom. The van der Waals surface area contributed by atoms with Crippen LogP contribution in [0, 0.1) is 79.8 Å². The quantitative estimate of drug-likeness (QED) is 0.0973. The van der Waals surface area contributed by atoms with Crippen LogP contribution in [0.1, 0.15) is 185 Å². The molecule has 0 radical (unpaired) electrons. The van der Waals surface area contributed by atoms with Gasteiger partial charge in [-0.15, -0.1) is 0 Å². The van der Waals surface area contributed by atoms with Crippen LogP contribution in [-0.4, -0.2) is 88.7 Å². The Kier molecular flexibility index (Phi) is 12.2. The van der Waals surface area contributed by atoms with Crippen molar-refractivity contribution in [2.75, 3.05) is 13.2 Å². The summed E-state index contributed by atoms with van der Waals surface area (Å²) in [6.07, 6.45) is 16.6. The van der Waals surface area contributed by atoms with Crippen LogP contribution in [0.15, 0.2) is 33.9 Å². The zero-order valence-corrected chi connectivity index (χ0v) is 48.3. The van der Waals surface area contributed by atoms with Gasteiger partial charge in [0.2, 0.25) is 10.4 Å². The van der Waals surface area contributed by atoms with Gasteiger partial charge in [-0.05, 0) is 176 Å². The molecule has 8 aliphatic carbocycles. The molecule has 6 heterocycles. The van der Waals surface area contributed by atoms with E-state index in [1.54, 1.807) is 11.1 Å². The number of rotatable bonds is 8. The van der Waals surface area contributed by atoms with Crippen molar-refractivity contribution in [2.45, 2.75) is 233 Å². The van der Waals surface area contributed by atoms with E-state index >= 15 is 0 Å². The van der Waals surface area contributed by atoms with Crippen molar-refractivity contribution >= 4 is 10.4 Å². The van der Waals surface area contributed by atoms with Gasteiger partial charge in [-0.3, -0.25) is 4.18 Å². The molecular formula is C58H87NaO11S. The van der Waals surface area contributed by atoms with Crippen molar-refractivity contribution in [3.8, 4) is 0 Å². The van der Waals surface area contributed by atoms with Gasteiger partial charge in [-0.2, -0.15) is 0 Å². The van der Waals surface area contributed by atoms with Crippen LogP contribution in [0.4, 0.5) is 0 Å². The molecule has 3 N–H and O–H groups in total. The molecule has 14 aliphatic rings. The van der Waals surface area contributed by atoms with Gasteiger partial charge < -0.3 is 38.8 Å². The van der Waals surface area contributed by atoms with Gasteiger partial charge in [0.15, 0.2) is 11.6 Å². The fourth-order valence-corrected chi connectivity index (χ4v) is 21.9. The third-order valence-electron chi connectivity index (χ3n) is 24.9. The Balaban J connectivity index is 0.00000547. The molecule has 0 amide bonds. The van der Waals surface area contributed by atoms with Crippen molar-refractivity contribution in [1.29, 1.82) is 0 Å². The number of allylic oxidation sites excluding steroid dienone is 2. The first-order chi connectivity index (χ1) is 32.5. The summed E-state index contributed by atoms with van der Waals surface area (Å²) in [5.41, 5.74) is 4.66. The van der Waals surface area contributed by atoms with Gasteiger partial charge in [0.25, 0.3) is 0 Å². The van der Waals surface area contributed by atoms with Gasteiger partial charge in [-0.1, -0.05) is 89.3 Å². The monoisotopic (exact) mass is 1010 g/mol. The molecule has 0 aromatic carbocycles. The molecule has 0 aromatic rings. The third kappa shape index (κ3) is 7.02. The summed E-state index contributed by atoms with van der Waals surface area (Å²) in [7, 11) is -5.06. The average molecular weight is 1020 g/mol. The van der Waals surface area contributed by atoms with E-state index in [-0.39, 0.29) is 99.5 Å². The Morgan fingerprint density at radius 1 is 0.831 bits per heavy atom. The number of aliphatic hydroxyl groups excluding tert-OH is 1. The van der Waals surface area contributed by atoms with Crippen LogP contribution in [-0.2, 0) is 33.5 Å². The minimum atomic E-state index is -5.06.